The van der Waals surface area contributed by atoms with Crippen molar-refractivity contribution < 1.29 is 0 Å². The van der Waals surface area contributed by atoms with Crippen LogP contribution in [0.1, 0.15) is 132 Å². The lowest BCUT2D eigenvalue weighted by Gasteiger charge is -2.22. The highest BCUT2D eigenvalue weighted by molar-refractivity contribution is 6.12. The molecule has 0 heterocycles. The number of fused-ring (bicyclic) bond motifs is 15. The Labute approximate surface area is 536 Å². The van der Waals surface area contributed by atoms with E-state index in [4.69, 9.17) is 0 Å². The van der Waals surface area contributed by atoms with Crippen molar-refractivity contribution in [3.05, 3.63) is 301 Å². The van der Waals surface area contributed by atoms with E-state index in [2.05, 4.69) is 377 Å². The van der Waals surface area contributed by atoms with Crippen LogP contribution in [0.4, 0.5) is 0 Å². The Morgan fingerprint density at radius 3 is 0.978 bits per heavy atom. The zero-order chi connectivity index (χ0) is 63.8. The number of hydrogen-bond donors (Lipinski definition) is 0. The fourth-order valence-electron chi connectivity index (χ4n) is 13.0. The van der Waals surface area contributed by atoms with Gasteiger partial charge in [-0.15, -0.1) is 0 Å². The van der Waals surface area contributed by atoms with E-state index in [1.807, 2.05) is 0 Å². The molecular weight excluding hydrogens is 1080 g/mol. The highest BCUT2D eigenvalue weighted by Crippen LogP contribution is 2.39. The Morgan fingerprint density at radius 1 is 0.156 bits per heavy atom. The Hall–Kier alpha value is -9.10. The van der Waals surface area contributed by atoms with Gasteiger partial charge in [0.2, 0.25) is 0 Å². The first-order valence-electron chi connectivity index (χ1n) is 32.4. The highest BCUT2D eigenvalue weighted by atomic mass is 14.3. The molecule has 450 valence electrons. The maximum atomic E-state index is 2.34. The first kappa shape index (κ1) is 62.5. The monoisotopic (exact) mass is 1170 g/mol. The van der Waals surface area contributed by atoms with Crippen molar-refractivity contribution in [2.45, 2.75) is 131 Å². The first-order chi connectivity index (χ1) is 42.8. The predicted molar refractivity (Wildman–Crippen MR) is 401 cm³/mol. The van der Waals surface area contributed by atoms with Crippen LogP contribution < -0.4 is 0 Å². The van der Waals surface area contributed by atoms with Gasteiger partial charge >= 0.3 is 0 Å². The number of hydrogen-bond acceptors (Lipinski definition) is 0. The summed E-state index contributed by atoms with van der Waals surface area (Å²) in [6.45, 7) is 34.1. The average Bonchev–Trinajstić information content (AvgIpc) is 0.894. The smallest absolute Gasteiger partial charge is 0.00680 e. The summed E-state index contributed by atoms with van der Waals surface area (Å²) in [7, 11) is 0. The molecule has 0 atom stereocenters. The molecule has 15 aromatic rings. The van der Waals surface area contributed by atoms with Gasteiger partial charge in [-0.2, -0.15) is 0 Å². The summed E-state index contributed by atoms with van der Waals surface area (Å²) in [5, 5.41) is 26.9. The molecule has 0 N–H and O–H groups in total. The van der Waals surface area contributed by atoms with Gasteiger partial charge in [-0.1, -0.05) is 371 Å². The van der Waals surface area contributed by atoms with Crippen molar-refractivity contribution in [2.75, 3.05) is 0 Å². The second kappa shape index (κ2) is 25.1. The molecule has 0 spiro atoms. The molecule has 15 aromatic carbocycles. The topological polar surface area (TPSA) is 0 Å². The van der Waals surface area contributed by atoms with Gasteiger partial charge in [0.15, 0.2) is 0 Å². The minimum Gasteiger partial charge on any atom is -0.0616 e. The summed E-state index contributed by atoms with van der Waals surface area (Å²) in [6, 6.07) is 98.9. The minimum atomic E-state index is 0.170. The van der Waals surface area contributed by atoms with Crippen LogP contribution in [0.15, 0.2) is 273 Å². The lowest BCUT2D eigenvalue weighted by molar-refractivity contribution is 0.591. The summed E-state index contributed by atoms with van der Waals surface area (Å²) in [6.07, 6.45) is 0. The van der Waals surface area contributed by atoms with Crippen molar-refractivity contribution in [3.8, 4) is 0 Å². The molecule has 0 nitrogen and oxygen atoms in total. The van der Waals surface area contributed by atoms with Crippen molar-refractivity contribution in [3.63, 3.8) is 0 Å². The molecule has 0 fully saturated rings. The minimum absolute atomic E-state index is 0.170. The largest absolute Gasteiger partial charge is 0.0616 e. The molecule has 0 saturated carbocycles. The summed E-state index contributed by atoms with van der Waals surface area (Å²) in [4.78, 5) is 0. The second-order valence-corrected chi connectivity index (χ2v) is 29.8. The maximum absolute atomic E-state index is 2.34. The third-order valence-corrected chi connectivity index (χ3v) is 18.0. The molecule has 0 aliphatic carbocycles. The lowest BCUT2D eigenvalue weighted by Crippen LogP contribution is -2.11. The zero-order valence-electron chi connectivity index (χ0n) is 56.0. The van der Waals surface area contributed by atoms with E-state index in [1.165, 1.54) is 136 Å². The first-order valence-corrected chi connectivity index (χ1v) is 32.4. The van der Waals surface area contributed by atoms with Gasteiger partial charge in [0.1, 0.15) is 0 Å². The predicted octanol–water partition coefficient (Wildman–Crippen LogP) is 26.5. The fourth-order valence-corrected chi connectivity index (χ4v) is 13.0. The Morgan fingerprint density at radius 2 is 0.444 bits per heavy atom. The Balaban J connectivity index is 0.000000116. The van der Waals surface area contributed by atoms with Crippen LogP contribution in [0.25, 0.3) is 108 Å². The van der Waals surface area contributed by atoms with Crippen molar-refractivity contribution >= 4 is 108 Å². The summed E-state index contributed by atoms with van der Waals surface area (Å²) in [5.41, 5.74) is 8.00. The normalized spacial score (nSPS) is 12.2. The van der Waals surface area contributed by atoms with Crippen molar-refractivity contribution in [1.82, 2.24) is 0 Å². The number of rotatable bonds is 0. The molecule has 15 rings (SSSR count). The van der Waals surface area contributed by atoms with E-state index in [9.17, 15) is 0 Å². The van der Waals surface area contributed by atoms with Crippen LogP contribution >= 0.6 is 0 Å². The van der Waals surface area contributed by atoms with Gasteiger partial charge < -0.3 is 0 Å². The van der Waals surface area contributed by atoms with Crippen molar-refractivity contribution in [2.24, 2.45) is 0 Å². The summed E-state index contributed by atoms with van der Waals surface area (Å²) < 4.78 is 0. The summed E-state index contributed by atoms with van der Waals surface area (Å²) >= 11 is 0. The number of benzene rings is 15. The molecule has 0 aromatic heterocycles. The van der Waals surface area contributed by atoms with Crippen LogP contribution in [-0.4, -0.2) is 0 Å². The van der Waals surface area contributed by atoms with E-state index in [0.29, 0.717) is 0 Å². The molecule has 90 heavy (non-hydrogen) atoms. The van der Waals surface area contributed by atoms with Gasteiger partial charge in [-0.05, 0) is 169 Å². The van der Waals surface area contributed by atoms with Crippen LogP contribution in [-0.2, 0) is 27.1 Å². The molecule has 0 unspecified atom stereocenters. The summed E-state index contributed by atoms with van der Waals surface area (Å²) in [5.74, 6) is 0. The third kappa shape index (κ3) is 13.4. The van der Waals surface area contributed by atoms with E-state index < -0.39 is 0 Å². The van der Waals surface area contributed by atoms with Crippen LogP contribution in [0, 0.1) is 0 Å². The van der Waals surface area contributed by atoms with Crippen LogP contribution in [0.3, 0.4) is 0 Å². The molecule has 0 bridgehead atoms. The van der Waals surface area contributed by atoms with Crippen molar-refractivity contribution in [1.29, 1.82) is 0 Å². The third-order valence-electron chi connectivity index (χ3n) is 18.0. The van der Waals surface area contributed by atoms with E-state index in [0.717, 1.165) is 0 Å². The maximum Gasteiger partial charge on any atom is -0.00680 e. The van der Waals surface area contributed by atoms with Gasteiger partial charge in [0.05, 0.1) is 0 Å². The SMILES string of the molecule is CC(C)(C)c1cc2ccccc2c2ccccc12.CC(C)(C)c1ccc2c(ccc3ccccc32)c1.CC(C)(C)c1ccc2ccc3ccccc3c2c1.CC(C)(C)c1cccc2c1ccc1ccccc12.CC(C)(C)c1cccc2ccc3ccccc3c12. The van der Waals surface area contributed by atoms with E-state index in [1.54, 1.807) is 0 Å². The lowest BCUT2D eigenvalue weighted by atomic mass is 9.82. The molecule has 0 heteroatoms. The van der Waals surface area contributed by atoms with Gasteiger partial charge in [0.25, 0.3) is 0 Å². The molecule has 0 aliphatic heterocycles. The Bertz CT molecular complexity index is 4970. The molecule has 0 saturated heterocycles. The second-order valence-electron chi connectivity index (χ2n) is 29.8. The molecule has 0 radical (unpaired) electrons. The van der Waals surface area contributed by atoms with Gasteiger partial charge in [-0.3, -0.25) is 0 Å². The quantitative estimate of drug-likeness (QED) is 0.133. The molecule has 0 amide bonds. The standard InChI is InChI=1S/5C18H18/c1-18(2,3)17-12-13-8-4-5-9-14(13)15-10-6-7-11-16(15)17;1-18(2,3)16-10-6-8-14-12-11-13-7-4-5-9-15(13)17(14)16;1-18(2,3)17-10-6-9-15-14-8-5-4-7-13(14)11-12-16(15)17;1-18(2,3)15-10-11-17-14(12-15)9-8-13-6-4-5-7-16(13)17;1-18(2,3)15-11-10-14-9-8-13-6-4-5-7-16(13)17(14)12-15/h5*4-12H,1-3H3. The average molecular weight is 1170 g/mol. The molecular formula is C90H90. The molecule has 0 aliphatic rings. The van der Waals surface area contributed by atoms with E-state index >= 15 is 0 Å². The Kier molecular flexibility index (Phi) is 17.4. The highest BCUT2D eigenvalue weighted by Gasteiger charge is 2.21. The van der Waals surface area contributed by atoms with Crippen LogP contribution in [0.5, 0.6) is 0 Å². The van der Waals surface area contributed by atoms with Gasteiger partial charge in [0, 0.05) is 0 Å². The van der Waals surface area contributed by atoms with Gasteiger partial charge in [-0.25, -0.2) is 0 Å². The van der Waals surface area contributed by atoms with E-state index in [-0.39, 0.29) is 27.1 Å². The zero-order valence-corrected chi connectivity index (χ0v) is 56.0. The van der Waals surface area contributed by atoms with Crippen LogP contribution in [0.2, 0.25) is 0 Å². The fraction of sp³-hybridized carbons (Fsp3) is 0.222.